The van der Waals surface area contributed by atoms with Gasteiger partial charge in [0.25, 0.3) is 0 Å². The van der Waals surface area contributed by atoms with Gasteiger partial charge in [-0.05, 0) is 42.3 Å². The van der Waals surface area contributed by atoms with Gasteiger partial charge in [0, 0.05) is 70.1 Å². The van der Waals surface area contributed by atoms with Crippen LogP contribution in [0, 0.1) is 11.7 Å². The van der Waals surface area contributed by atoms with Crippen LogP contribution in [0.3, 0.4) is 0 Å². The van der Waals surface area contributed by atoms with Crippen molar-refractivity contribution >= 4 is 17.5 Å². The first-order chi connectivity index (χ1) is 17.6. The van der Waals surface area contributed by atoms with Crippen molar-refractivity contribution < 1.29 is 23.5 Å². The molecule has 3 aliphatic heterocycles. The molecule has 8 heteroatoms. The van der Waals surface area contributed by atoms with Crippen molar-refractivity contribution in [2.24, 2.45) is 5.92 Å². The summed E-state index contributed by atoms with van der Waals surface area (Å²) in [5.41, 5.74) is 2.57. The zero-order chi connectivity index (χ0) is 24.9. The summed E-state index contributed by atoms with van der Waals surface area (Å²) in [7, 11) is 0. The van der Waals surface area contributed by atoms with Crippen molar-refractivity contribution in [2.75, 3.05) is 57.4 Å². The molecule has 0 spiro atoms. The number of carbonyl (C=O) groups is 2. The second kappa shape index (κ2) is 11.3. The normalized spacial score (nSPS) is 21.9. The Balaban J connectivity index is 1.22. The third kappa shape index (κ3) is 5.81. The van der Waals surface area contributed by atoms with Crippen LogP contribution in [0.5, 0.6) is 5.75 Å². The number of hydrogen-bond acceptors (Lipinski definition) is 5. The quantitative estimate of drug-likeness (QED) is 0.591. The maximum absolute atomic E-state index is 13.4. The van der Waals surface area contributed by atoms with Crippen LogP contribution in [0.2, 0.25) is 0 Å². The zero-order valence-corrected chi connectivity index (χ0v) is 20.6. The molecule has 2 atom stereocenters. The number of amides is 2. The topological polar surface area (TPSA) is 62.3 Å². The fourth-order valence-corrected chi connectivity index (χ4v) is 5.47. The molecule has 2 saturated heterocycles. The number of morpholine rings is 1. The first kappa shape index (κ1) is 24.6. The Hall–Kier alpha value is -3.13. The van der Waals surface area contributed by atoms with E-state index in [1.54, 1.807) is 12.1 Å². The van der Waals surface area contributed by atoms with Crippen molar-refractivity contribution in [1.82, 2.24) is 9.80 Å². The average Bonchev–Trinajstić information content (AvgIpc) is 3.33. The minimum absolute atomic E-state index is 0.0685. The lowest BCUT2D eigenvalue weighted by Crippen LogP contribution is -2.50. The molecule has 2 amide bonds. The number of benzene rings is 2. The SMILES string of the molecule is O=C(C[C@H]1CN(C(=O)CCN2CCc3ccccc32)CC[C@@H]1Oc1ccc(F)cc1)N1CCOCC1. The molecule has 2 aromatic rings. The Morgan fingerprint density at radius 1 is 0.944 bits per heavy atom. The van der Waals surface area contributed by atoms with E-state index >= 15 is 0 Å². The molecule has 36 heavy (non-hydrogen) atoms. The van der Waals surface area contributed by atoms with E-state index in [0.29, 0.717) is 70.9 Å². The third-order valence-electron chi connectivity index (χ3n) is 7.50. The van der Waals surface area contributed by atoms with E-state index in [4.69, 9.17) is 9.47 Å². The molecular weight excluding hydrogens is 461 g/mol. The Morgan fingerprint density at radius 3 is 2.53 bits per heavy atom. The van der Waals surface area contributed by atoms with Crippen molar-refractivity contribution in [3.05, 3.63) is 59.9 Å². The van der Waals surface area contributed by atoms with Gasteiger partial charge >= 0.3 is 0 Å². The third-order valence-corrected chi connectivity index (χ3v) is 7.50. The van der Waals surface area contributed by atoms with Crippen LogP contribution in [0.4, 0.5) is 10.1 Å². The minimum Gasteiger partial charge on any atom is -0.490 e. The van der Waals surface area contributed by atoms with E-state index in [1.807, 2.05) is 15.9 Å². The van der Waals surface area contributed by atoms with Crippen LogP contribution < -0.4 is 9.64 Å². The molecule has 2 fully saturated rings. The molecular formula is C28H34FN3O4. The molecule has 3 heterocycles. The number of para-hydroxylation sites is 1. The van der Waals surface area contributed by atoms with Gasteiger partial charge in [-0.3, -0.25) is 9.59 Å². The Kier molecular flexibility index (Phi) is 7.70. The monoisotopic (exact) mass is 495 g/mol. The predicted octanol–water partition coefficient (Wildman–Crippen LogP) is 3.12. The van der Waals surface area contributed by atoms with Crippen LogP contribution in [-0.2, 0) is 20.7 Å². The van der Waals surface area contributed by atoms with Gasteiger partial charge in [-0.15, -0.1) is 0 Å². The molecule has 3 aliphatic rings. The molecule has 0 N–H and O–H groups in total. The molecule has 0 unspecified atom stereocenters. The molecule has 0 saturated carbocycles. The molecule has 0 radical (unpaired) electrons. The number of piperidine rings is 1. The number of ether oxygens (including phenoxy) is 2. The van der Waals surface area contributed by atoms with Crippen LogP contribution in [0.15, 0.2) is 48.5 Å². The molecule has 5 rings (SSSR count). The maximum atomic E-state index is 13.4. The van der Waals surface area contributed by atoms with Gasteiger partial charge in [-0.1, -0.05) is 18.2 Å². The van der Waals surface area contributed by atoms with Gasteiger partial charge in [0.2, 0.25) is 11.8 Å². The van der Waals surface area contributed by atoms with Gasteiger partial charge in [0.15, 0.2) is 0 Å². The van der Waals surface area contributed by atoms with Gasteiger partial charge in [-0.2, -0.15) is 0 Å². The van der Waals surface area contributed by atoms with Crippen LogP contribution in [0.25, 0.3) is 0 Å². The minimum atomic E-state index is -0.317. The van der Waals surface area contributed by atoms with E-state index in [2.05, 4.69) is 23.1 Å². The summed E-state index contributed by atoms with van der Waals surface area (Å²) in [6.45, 7) is 4.99. The molecule has 0 bridgehead atoms. The lowest BCUT2D eigenvalue weighted by Gasteiger charge is -2.39. The summed E-state index contributed by atoms with van der Waals surface area (Å²) >= 11 is 0. The average molecular weight is 496 g/mol. The Morgan fingerprint density at radius 2 is 1.72 bits per heavy atom. The summed E-state index contributed by atoms with van der Waals surface area (Å²) in [4.78, 5) is 32.3. The van der Waals surface area contributed by atoms with Crippen molar-refractivity contribution in [2.45, 2.75) is 31.8 Å². The van der Waals surface area contributed by atoms with E-state index in [-0.39, 0.29) is 29.7 Å². The standard InChI is InChI=1S/C28H34FN3O4/c29-23-5-7-24(8-6-23)36-26-10-13-32(20-22(26)19-28(34)31-15-17-35-18-16-31)27(33)11-14-30-12-9-21-3-1-2-4-25(21)30/h1-8,22,26H,9-20H2/t22-,26-/m0/s1. The molecule has 2 aromatic carbocycles. The zero-order valence-electron chi connectivity index (χ0n) is 20.6. The van der Waals surface area contributed by atoms with Crippen molar-refractivity contribution in [3.8, 4) is 5.75 Å². The second-order valence-electron chi connectivity index (χ2n) is 9.81. The van der Waals surface area contributed by atoms with Crippen molar-refractivity contribution in [1.29, 1.82) is 0 Å². The predicted molar refractivity (Wildman–Crippen MR) is 134 cm³/mol. The maximum Gasteiger partial charge on any atom is 0.224 e. The first-order valence-corrected chi connectivity index (χ1v) is 13.0. The van der Waals surface area contributed by atoms with Gasteiger partial charge < -0.3 is 24.2 Å². The lowest BCUT2D eigenvalue weighted by atomic mass is 9.90. The number of nitrogens with zero attached hydrogens (tertiary/aromatic N) is 3. The first-order valence-electron chi connectivity index (χ1n) is 13.0. The highest BCUT2D eigenvalue weighted by Crippen LogP contribution is 2.29. The number of likely N-dealkylation sites (tertiary alicyclic amines) is 1. The molecule has 192 valence electrons. The van der Waals surface area contributed by atoms with E-state index in [9.17, 15) is 14.0 Å². The van der Waals surface area contributed by atoms with E-state index < -0.39 is 0 Å². The summed E-state index contributed by atoms with van der Waals surface area (Å²) in [6.07, 6.45) is 2.20. The second-order valence-corrected chi connectivity index (χ2v) is 9.81. The van der Waals surface area contributed by atoms with Gasteiger partial charge in [0.1, 0.15) is 17.7 Å². The molecule has 7 nitrogen and oxygen atoms in total. The summed E-state index contributed by atoms with van der Waals surface area (Å²) in [5, 5.41) is 0. The fourth-order valence-electron chi connectivity index (χ4n) is 5.47. The summed E-state index contributed by atoms with van der Waals surface area (Å²) in [5.74, 6) is 0.318. The smallest absolute Gasteiger partial charge is 0.224 e. The number of hydrogen-bond donors (Lipinski definition) is 0. The van der Waals surface area contributed by atoms with Crippen LogP contribution >= 0.6 is 0 Å². The number of rotatable bonds is 7. The van der Waals surface area contributed by atoms with Crippen molar-refractivity contribution in [3.63, 3.8) is 0 Å². The highest BCUT2D eigenvalue weighted by Gasteiger charge is 2.35. The highest BCUT2D eigenvalue weighted by molar-refractivity contribution is 5.78. The highest BCUT2D eigenvalue weighted by atomic mass is 19.1. The Labute approximate surface area is 211 Å². The van der Waals surface area contributed by atoms with E-state index in [0.717, 1.165) is 13.0 Å². The number of carbonyl (C=O) groups excluding carboxylic acids is 2. The number of halogens is 1. The van der Waals surface area contributed by atoms with Gasteiger partial charge in [-0.25, -0.2) is 4.39 Å². The fraction of sp³-hybridized carbons (Fsp3) is 0.500. The van der Waals surface area contributed by atoms with Crippen LogP contribution in [-0.4, -0.2) is 80.2 Å². The summed E-state index contributed by atoms with van der Waals surface area (Å²) in [6, 6.07) is 14.3. The van der Waals surface area contributed by atoms with Crippen LogP contribution in [0.1, 0.15) is 24.8 Å². The largest absolute Gasteiger partial charge is 0.490 e. The number of anilines is 1. The summed E-state index contributed by atoms with van der Waals surface area (Å²) < 4.78 is 25.0. The number of fused-ring (bicyclic) bond motifs is 1. The van der Waals surface area contributed by atoms with Gasteiger partial charge in [0.05, 0.1) is 13.2 Å². The Bertz CT molecular complexity index is 1060. The van der Waals surface area contributed by atoms with E-state index in [1.165, 1.54) is 23.4 Å². The molecule has 0 aromatic heterocycles. The molecule has 0 aliphatic carbocycles. The lowest BCUT2D eigenvalue weighted by molar-refractivity contribution is -0.141.